The fourth-order valence-electron chi connectivity index (χ4n) is 2.52. The number of aromatic nitrogens is 2. The van der Waals surface area contributed by atoms with Crippen LogP contribution in [0.3, 0.4) is 0 Å². The molecule has 0 atom stereocenters. The topological polar surface area (TPSA) is 85.7 Å². The fraction of sp³-hybridized carbons (Fsp3) is 0.312. The zero-order valence-corrected chi connectivity index (χ0v) is 13.5. The van der Waals surface area contributed by atoms with Crippen LogP contribution in [-0.4, -0.2) is 49.1 Å². The number of nitrogens with zero attached hydrogens (tertiary/aromatic N) is 3. The van der Waals surface area contributed by atoms with E-state index in [1.165, 1.54) is 16.7 Å². The van der Waals surface area contributed by atoms with E-state index >= 15 is 0 Å². The lowest BCUT2D eigenvalue weighted by molar-refractivity contribution is 0.0587. The molecular formula is C16H18N4O4. The molecule has 0 aliphatic carbocycles. The Kier molecular flexibility index (Phi) is 4.37. The summed E-state index contributed by atoms with van der Waals surface area (Å²) in [6.07, 6.45) is 0. The minimum absolute atomic E-state index is 0.222. The molecule has 0 saturated carbocycles. The highest BCUT2D eigenvalue weighted by atomic mass is 16.5. The SMILES string of the molecule is COC(=O)c1cc(N2CCNC2=O)nn1Cc1ccc(OC)cc1. The highest BCUT2D eigenvalue weighted by molar-refractivity contribution is 5.95. The second-order valence-electron chi connectivity index (χ2n) is 5.27. The number of anilines is 1. The molecule has 1 N–H and O–H groups in total. The van der Waals surface area contributed by atoms with Crippen molar-refractivity contribution in [2.24, 2.45) is 0 Å². The van der Waals surface area contributed by atoms with Gasteiger partial charge in [-0.3, -0.25) is 9.58 Å². The lowest BCUT2D eigenvalue weighted by Crippen LogP contribution is -2.28. The predicted octanol–water partition coefficient (Wildman–Crippen LogP) is 1.26. The predicted molar refractivity (Wildman–Crippen MR) is 86.4 cm³/mol. The number of ether oxygens (including phenoxy) is 2. The Labute approximate surface area is 139 Å². The maximum Gasteiger partial charge on any atom is 0.356 e. The first-order valence-electron chi connectivity index (χ1n) is 7.47. The second kappa shape index (κ2) is 6.61. The molecule has 1 aromatic carbocycles. The number of hydrogen-bond acceptors (Lipinski definition) is 5. The van der Waals surface area contributed by atoms with Crippen LogP contribution in [0.25, 0.3) is 0 Å². The normalized spacial score (nSPS) is 13.8. The van der Waals surface area contributed by atoms with Crippen LogP contribution in [0.1, 0.15) is 16.1 Å². The molecule has 24 heavy (non-hydrogen) atoms. The van der Waals surface area contributed by atoms with Crippen LogP contribution < -0.4 is 15.0 Å². The number of rotatable bonds is 5. The number of esters is 1. The first-order valence-corrected chi connectivity index (χ1v) is 7.47. The van der Waals surface area contributed by atoms with Crippen LogP contribution >= 0.6 is 0 Å². The minimum Gasteiger partial charge on any atom is -0.497 e. The van der Waals surface area contributed by atoms with Crippen molar-refractivity contribution in [2.45, 2.75) is 6.54 Å². The fourth-order valence-corrected chi connectivity index (χ4v) is 2.52. The smallest absolute Gasteiger partial charge is 0.356 e. The van der Waals surface area contributed by atoms with Gasteiger partial charge in [-0.15, -0.1) is 0 Å². The summed E-state index contributed by atoms with van der Waals surface area (Å²) in [6, 6.07) is 8.81. The number of benzene rings is 1. The Morgan fingerprint density at radius 2 is 2.04 bits per heavy atom. The Balaban J connectivity index is 1.90. The summed E-state index contributed by atoms with van der Waals surface area (Å²) >= 11 is 0. The van der Waals surface area contributed by atoms with E-state index in [-0.39, 0.29) is 6.03 Å². The van der Waals surface area contributed by atoms with Gasteiger partial charge in [-0.2, -0.15) is 5.10 Å². The summed E-state index contributed by atoms with van der Waals surface area (Å²) in [5.41, 5.74) is 1.24. The van der Waals surface area contributed by atoms with Gasteiger partial charge in [0.15, 0.2) is 5.82 Å². The number of amides is 2. The average molecular weight is 330 g/mol. The number of nitrogens with one attached hydrogen (secondary N) is 1. The van der Waals surface area contributed by atoms with Gasteiger partial charge in [0, 0.05) is 19.2 Å². The van der Waals surface area contributed by atoms with Crippen molar-refractivity contribution in [3.63, 3.8) is 0 Å². The van der Waals surface area contributed by atoms with E-state index in [2.05, 4.69) is 10.4 Å². The molecule has 1 aliphatic rings. The van der Waals surface area contributed by atoms with Gasteiger partial charge in [0.25, 0.3) is 0 Å². The first kappa shape index (κ1) is 15.9. The van der Waals surface area contributed by atoms with Gasteiger partial charge in [0.1, 0.15) is 11.4 Å². The van der Waals surface area contributed by atoms with E-state index in [1.807, 2.05) is 24.3 Å². The van der Waals surface area contributed by atoms with Crippen LogP contribution in [0.5, 0.6) is 5.75 Å². The van der Waals surface area contributed by atoms with Gasteiger partial charge < -0.3 is 14.8 Å². The summed E-state index contributed by atoms with van der Waals surface area (Å²) in [6.45, 7) is 1.45. The highest BCUT2D eigenvalue weighted by Crippen LogP contribution is 2.19. The molecule has 0 unspecified atom stereocenters. The molecule has 1 aromatic heterocycles. The maximum atomic E-state index is 12.0. The van der Waals surface area contributed by atoms with E-state index in [1.54, 1.807) is 13.2 Å². The van der Waals surface area contributed by atoms with Crippen LogP contribution in [0.2, 0.25) is 0 Å². The number of carbonyl (C=O) groups is 2. The first-order chi connectivity index (χ1) is 11.6. The summed E-state index contributed by atoms with van der Waals surface area (Å²) in [4.78, 5) is 25.3. The quantitative estimate of drug-likeness (QED) is 0.834. The van der Waals surface area contributed by atoms with Gasteiger partial charge in [0.05, 0.1) is 20.8 Å². The minimum atomic E-state index is -0.498. The molecular weight excluding hydrogens is 312 g/mol. The lowest BCUT2D eigenvalue weighted by atomic mass is 10.2. The zero-order chi connectivity index (χ0) is 17.1. The molecule has 0 spiro atoms. The summed E-state index contributed by atoms with van der Waals surface area (Å²) < 4.78 is 11.5. The van der Waals surface area contributed by atoms with Crippen molar-refractivity contribution in [2.75, 3.05) is 32.2 Å². The Hall–Kier alpha value is -3.03. The molecule has 2 amide bonds. The van der Waals surface area contributed by atoms with Crippen LogP contribution in [-0.2, 0) is 11.3 Å². The molecule has 0 bridgehead atoms. The molecule has 3 rings (SSSR count). The number of urea groups is 1. The van der Waals surface area contributed by atoms with Gasteiger partial charge >= 0.3 is 12.0 Å². The molecule has 126 valence electrons. The summed E-state index contributed by atoms with van der Waals surface area (Å²) in [5.74, 6) is 0.683. The second-order valence-corrected chi connectivity index (χ2v) is 5.27. The van der Waals surface area contributed by atoms with Crippen LogP contribution in [0.15, 0.2) is 30.3 Å². The van der Waals surface area contributed by atoms with Crippen LogP contribution in [0, 0.1) is 0 Å². The number of hydrogen-bond donors (Lipinski definition) is 1. The summed E-state index contributed by atoms with van der Waals surface area (Å²) in [5, 5.41) is 7.11. The number of methoxy groups -OCH3 is 2. The van der Waals surface area contributed by atoms with Crippen molar-refractivity contribution >= 4 is 17.8 Å². The Bertz CT molecular complexity index is 754. The Morgan fingerprint density at radius 3 is 2.62 bits per heavy atom. The molecule has 0 radical (unpaired) electrons. The van der Waals surface area contributed by atoms with E-state index in [9.17, 15) is 9.59 Å². The zero-order valence-electron chi connectivity index (χ0n) is 13.5. The lowest BCUT2D eigenvalue weighted by Gasteiger charge is -2.09. The molecule has 2 aromatic rings. The monoisotopic (exact) mass is 330 g/mol. The molecule has 1 saturated heterocycles. The third kappa shape index (κ3) is 3.03. The largest absolute Gasteiger partial charge is 0.497 e. The average Bonchev–Trinajstić information content (AvgIpc) is 3.21. The third-order valence-electron chi connectivity index (χ3n) is 3.79. The molecule has 8 heteroatoms. The number of carbonyl (C=O) groups excluding carboxylic acids is 2. The molecule has 1 aliphatic heterocycles. The van der Waals surface area contributed by atoms with Crippen molar-refractivity contribution in [3.8, 4) is 5.75 Å². The maximum absolute atomic E-state index is 12.0. The standard InChI is InChI=1S/C16H18N4O4/c1-23-12-5-3-11(4-6-12)10-20-13(15(21)24-2)9-14(18-20)19-8-7-17-16(19)22/h3-6,9H,7-8,10H2,1-2H3,(H,17,22). The van der Waals surface area contributed by atoms with Gasteiger partial charge in [-0.1, -0.05) is 12.1 Å². The van der Waals surface area contributed by atoms with Gasteiger partial charge in [-0.05, 0) is 17.7 Å². The van der Waals surface area contributed by atoms with E-state index < -0.39 is 5.97 Å². The third-order valence-corrected chi connectivity index (χ3v) is 3.79. The van der Waals surface area contributed by atoms with Crippen LogP contribution in [0.4, 0.5) is 10.6 Å². The van der Waals surface area contributed by atoms with Crippen molar-refractivity contribution in [3.05, 3.63) is 41.6 Å². The van der Waals surface area contributed by atoms with E-state index in [0.29, 0.717) is 31.1 Å². The van der Waals surface area contributed by atoms with E-state index in [0.717, 1.165) is 11.3 Å². The molecule has 8 nitrogen and oxygen atoms in total. The van der Waals surface area contributed by atoms with Gasteiger partial charge in [-0.25, -0.2) is 9.59 Å². The Morgan fingerprint density at radius 1 is 1.29 bits per heavy atom. The van der Waals surface area contributed by atoms with Crippen molar-refractivity contribution in [1.29, 1.82) is 0 Å². The van der Waals surface area contributed by atoms with Gasteiger partial charge in [0.2, 0.25) is 0 Å². The van der Waals surface area contributed by atoms with Crippen molar-refractivity contribution in [1.82, 2.24) is 15.1 Å². The molecule has 2 heterocycles. The highest BCUT2D eigenvalue weighted by Gasteiger charge is 2.26. The van der Waals surface area contributed by atoms with Crippen molar-refractivity contribution < 1.29 is 19.1 Å². The molecule has 1 fully saturated rings. The summed E-state index contributed by atoms with van der Waals surface area (Å²) in [7, 11) is 2.92. The van der Waals surface area contributed by atoms with E-state index in [4.69, 9.17) is 9.47 Å².